The highest BCUT2D eigenvalue weighted by Crippen LogP contribution is 2.26. The molecule has 0 saturated heterocycles. The third kappa shape index (κ3) is 6.41. The number of hydrogen-bond donors (Lipinski definition) is 1. The summed E-state index contributed by atoms with van der Waals surface area (Å²) in [5.74, 6) is 0.148. The van der Waals surface area contributed by atoms with Gasteiger partial charge in [0, 0.05) is 28.4 Å². The predicted octanol–water partition coefficient (Wildman–Crippen LogP) is 2.39. The zero-order valence-corrected chi connectivity index (χ0v) is 13.8. The maximum absolute atomic E-state index is 11.0. The van der Waals surface area contributed by atoms with Crippen LogP contribution in [0.4, 0.5) is 0 Å². The van der Waals surface area contributed by atoms with Gasteiger partial charge < -0.3 is 10.0 Å². The Morgan fingerprint density at radius 3 is 2.55 bits per heavy atom. The van der Waals surface area contributed by atoms with Gasteiger partial charge in [0.1, 0.15) is 9.84 Å². The van der Waals surface area contributed by atoms with Crippen LogP contribution in [0.2, 0.25) is 10.0 Å². The quantitative estimate of drug-likeness (QED) is 0.828. The first kappa shape index (κ1) is 17.7. The van der Waals surface area contributed by atoms with Crippen molar-refractivity contribution in [1.82, 2.24) is 4.90 Å². The van der Waals surface area contributed by atoms with E-state index in [-0.39, 0.29) is 5.75 Å². The minimum absolute atomic E-state index is 0.148. The molecule has 1 unspecified atom stereocenters. The number of halogens is 2. The highest BCUT2D eigenvalue weighted by Gasteiger charge is 2.14. The van der Waals surface area contributed by atoms with Crippen molar-refractivity contribution in [2.45, 2.75) is 12.5 Å². The molecular formula is C13H19Cl2NO3S. The summed E-state index contributed by atoms with van der Waals surface area (Å²) in [6.07, 6.45) is 1.02. The molecule has 4 nitrogen and oxygen atoms in total. The molecule has 0 aromatic heterocycles. The van der Waals surface area contributed by atoms with E-state index in [2.05, 4.69) is 0 Å². The molecule has 20 heavy (non-hydrogen) atoms. The summed E-state index contributed by atoms with van der Waals surface area (Å²) in [6.45, 7) is 0.973. The number of hydrogen-bond acceptors (Lipinski definition) is 4. The Hall–Kier alpha value is -0.330. The Kier molecular flexibility index (Phi) is 6.75. The van der Waals surface area contributed by atoms with E-state index < -0.39 is 15.9 Å². The number of likely N-dealkylation sites (N-methyl/N-ethyl adjacent to an activating group) is 1. The normalized spacial score (nSPS) is 13.7. The van der Waals surface area contributed by atoms with Gasteiger partial charge in [-0.1, -0.05) is 29.3 Å². The van der Waals surface area contributed by atoms with Gasteiger partial charge in [-0.15, -0.1) is 0 Å². The molecule has 0 aliphatic carbocycles. The molecule has 0 amide bonds. The molecule has 0 bridgehead atoms. The van der Waals surface area contributed by atoms with E-state index in [0.29, 0.717) is 35.1 Å². The van der Waals surface area contributed by atoms with Crippen LogP contribution in [0.5, 0.6) is 0 Å². The second-order valence-corrected chi connectivity index (χ2v) is 8.03. The van der Waals surface area contributed by atoms with Gasteiger partial charge >= 0.3 is 0 Å². The van der Waals surface area contributed by atoms with E-state index in [1.807, 2.05) is 11.9 Å². The molecular weight excluding hydrogens is 321 g/mol. The van der Waals surface area contributed by atoms with E-state index in [9.17, 15) is 13.5 Å². The van der Waals surface area contributed by atoms with Gasteiger partial charge in [0.2, 0.25) is 0 Å². The summed E-state index contributed by atoms with van der Waals surface area (Å²) in [5, 5.41) is 11.1. The maximum Gasteiger partial charge on any atom is 0.147 e. The third-order valence-electron chi connectivity index (χ3n) is 2.86. The van der Waals surface area contributed by atoms with Crippen LogP contribution in [0.15, 0.2) is 18.2 Å². The largest absolute Gasteiger partial charge is 0.387 e. The van der Waals surface area contributed by atoms with Crippen molar-refractivity contribution in [2.24, 2.45) is 0 Å². The Balaban J connectivity index is 2.51. The van der Waals surface area contributed by atoms with E-state index in [4.69, 9.17) is 23.2 Å². The van der Waals surface area contributed by atoms with Gasteiger partial charge in [-0.05, 0) is 32.1 Å². The van der Waals surface area contributed by atoms with Crippen molar-refractivity contribution < 1.29 is 13.5 Å². The summed E-state index contributed by atoms with van der Waals surface area (Å²) in [4.78, 5) is 1.88. The van der Waals surface area contributed by atoms with Gasteiger partial charge in [-0.25, -0.2) is 8.42 Å². The van der Waals surface area contributed by atoms with Gasteiger partial charge in [-0.3, -0.25) is 0 Å². The average molecular weight is 340 g/mol. The average Bonchev–Trinajstić information content (AvgIpc) is 2.26. The lowest BCUT2D eigenvalue weighted by atomic mass is 10.1. The lowest BCUT2D eigenvalue weighted by Gasteiger charge is -2.21. The van der Waals surface area contributed by atoms with Crippen LogP contribution in [-0.4, -0.2) is 50.6 Å². The molecule has 7 heteroatoms. The minimum Gasteiger partial charge on any atom is -0.387 e. The second-order valence-electron chi connectivity index (χ2n) is 4.93. The van der Waals surface area contributed by atoms with Crippen LogP contribution < -0.4 is 0 Å². The fourth-order valence-corrected chi connectivity index (χ4v) is 3.04. The zero-order chi connectivity index (χ0) is 15.3. The molecule has 0 heterocycles. The van der Waals surface area contributed by atoms with Crippen molar-refractivity contribution in [2.75, 3.05) is 32.1 Å². The number of aliphatic hydroxyl groups excluding tert-OH is 1. The van der Waals surface area contributed by atoms with Crippen LogP contribution in [0, 0.1) is 0 Å². The van der Waals surface area contributed by atoms with Crippen LogP contribution >= 0.6 is 23.2 Å². The molecule has 114 valence electrons. The zero-order valence-electron chi connectivity index (χ0n) is 11.5. The highest BCUT2D eigenvalue weighted by molar-refractivity contribution is 7.90. The summed E-state index contributed by atoms with van der Waals surface area (Å²) in [5.41, 5.74) is 0.617. The topological polar surface area (TPSA) is 57.6 Å². The Morgan fingerprint density at radius 1 is 1.35 bits per heavy atom. The first-order chi connectivity index (χ1) is 9.19. The smallest absolute Gasteiger partial charge is 0.147 e. The van der Waals surface area contributed by atoms with Crippen molar-refractivity contribution in [3.8, 4) is 0 Å². The molecule has 0 fully saturated rings. The molecule has 0 aliphatic rings. The van der Waals surface area contributed by atoms with Gasteiger partial charge in [0.25, 0.3) is 0 Å². The fourth-order valence-electron chi connectivity index (χ4n) is 1.85. The lowest BCUT2D eigenvalue weighted by Crippen LogP contribution is -2.27. The molecule has 1 aromatic rings. The Labute approximate surface area is 130 Å². The molecule has 0 radical (unpaired) electrons. The van der Waals surface area contributed by atoms with Crippen LogP contribution in [-0.2, 0) is 9.84 Å². The van der Waals surface area contributed by atoms with Crippen LogP contribution in [0.1, 0.15) is 18.1 Å². The molecule has 1 aromatic carbocycles. The molecule has 0 aliphatic heterocycles. The summed E-state index contributed by atoms with van der Waals surface area (Å²) >= 11 is 11.8. The Morgan fingerprint density at radius 2 is 2.00 bits per heavy atom. The summed E-state index contributed by atoms with van der Waals surface area (Å²) in [6, 6.07) is 4.96. The number of rotatable bonds is 7. The lowest BCUT2D eigenvalue weighted by molar-refractivity contribution is 0.127. The van der Waals surface area contributed by atoms with E-state index in [1.165, 1.54) is 6.26 Å². The number of sulfone groups is 1. The van der Waals surface area contributed by atoms with Crippen molar-refractivity contribution in [3.63, 3.8) is 0 Å². The summed E-state index contributed by atoms with van der Waals surface area (Å²) < 4.78 is 22.1. The van der Waals surface area contributed by atoms with Gasteiger partial charge in [0.05, 0.1) is 11.9 Å². The van der Waals surface area contributed by atoms with E-state index in [1.54, 1.807) is 18.2 Å². The molecule has 1 rings (SSSR count). The molecule has 1 N–H and O–H groups in total. The van der Waals surface area contributed by atoms with Gasteiger partial charge in [0.15, 0.2) is 0 Å². The van der Waals surface area contributed by atoms with Crippen molar-refractivity contribution in [3.05, 3.63) is 33.8 Å². The molecule has 0 spiro atoms. The minimum atomic E-state index is -2.94. The number of benzene rings is 1. The molecule has 0 saturated carbocycles. The number of nitrogens with zero attached hydrogens (tertiary/aromatic N) is 1. The number of aliphatic hydroxyl groups is 1. The second kappa shape index (κ2) is 7.61. The van der Waals surface area contributed by atoms with E-state index in [0.717, 1.165) is 0 Å². The highest BCUT2D eigenvalue weighted by atomic mass is 35.5. The monoisotopic (exact) mass is 339 g/mol. The van der Waals surface area contributed by atoms with Gasteiger partial charge in [-0.2, -0.15) is 0 Å². The fraction of sp³-hybridized carbons (Fsp3) is 0.538. The van der Waals surface area contributed by atoms with E-state index >= 15 is 0 Å². The first-order valence-corrected chi connectivity index (χ1v) is 9.00. The third-order valence-corrected chi connectivity index (χ3v) is 4.45. The molecule has 1 atom stereocenters. The summed E-state index contributed by atoms with van der Waals surface area (Å²) in [7, 11) is -1.11. The SMILES string of the molecule is CN(CCCS(C)(=O)=O)CC(O)c1ccc(Cl)cc1Cl. The predicted molar refractivity (Wildman–Crippen MR) is 83.2 cm³/mol. The van der Waals surface area contributed by atoms with Crippen LogP contribution in [0.3, 0.4) is 0 Å². The Bertz CT molecular complexity index is 549. The standard InChI is InChI=1S/C13H19Cl2NO3S/c1-16(6-3-7-20(2,18)19)9-13(17)11-5-4-10(14)8-12(11)15/h4-5,8,13,17H,3,6-7,9H2,1-2H3. The van der Waals surface area contributed by atoms with Crippen molar-refractivity contribution in [1.29, 1.82) is 0 Å². The first-order valence-electron chi connectivity index (χ1n) is 6.18. The van der Waals surface area contributed by atoms with Crippen LogP contribution in [0.25, 0.3) is 0 Å². The van der Waals surface area contributed by atoms with Crippen molar-refractivity contribution >= 4 is 33.0 Å². The maximum atomic E-state index is 11.0.